The standard InChI is InChI=1S/C16H15F2NO4S/c1-23-16(20)12-4-7-14(18)15(10-12)24(21,22)19-9-8-11-2-5-13(17)6-3-11/h2-7,10,19H,8-9H2,1H3. The fourth-order valence-electron chi connectivity index (χ4n) is 2.01. The molecule has 0 spiro atoms. The summed E-state index contributed by atoms with van der Waals surface area (Å²) >= 11 is 0. The Hall–Kier alpha value is -2.32. The number of benzene rings is 2. The third-order valence-electron chi connectivity index (χ3n) is 3.26. The van der Waals surface area contributed by atoms with E-state index < -0.39 is 26.7 Å². The molecule has 2 rings (SSSR count). The molecule has 0 aliphatic heterocycles. The van der Waals surface area contributed by atoms with E-state index in [2.05, 4.69) is 9.46 Å². The van der Waals surface area contributed by atoms with Crippen LogP contribution in [-0.4, -0.2) is 28.0 Å². The zero-order valence-electron chi connectivity index (χ0n) is 12.8. The van der Waals surface area contributed by atoms with Crippen LogP contribution < -0.4 is 4.72 Å². The summed E-state index contributed by atoms with van der Waals surface area (Å²) in [4.78, 5) is 10.8. The summed E-state index contributed by atoms with van der Waals surface area (Å²) in [5.41, 5.74) is 0.653. The monoisotopic (exact) mass is 355 g/mol. The number of esters is 1. The van der Waals surface area contributed by atoms with Crippen molar-refractivity contribution in [2.75, 3.05) is 13.7 Å². The molecule has 0 aliphatic rings. The SMILES string of the molecule is COC(=O)c1ccc(F)c(S(=O)(=O)NCCc2ccc(F)cc2)c1. The highest BCUT2D eigenvalue weighted by molar-refractivity contribution is 7.89. The summed E-state index contributed by atoms with van der Waals surface area (Å²) in [5.74, 6) is -2.13. The molecule has 0 saturated heterocycles. The van der Waals surface area contributed by atoms with Gasteiger partial charge >= 0.3 is 5.97 Å². The molecule has 0 amide bonds. The first kappa shape index (κ1) is 18.0. The summed E-state index contributed by atoms with van der Waals surface area (Å²) in [6.45, 7) is -0.00411. The lowest BCUT2D eigenvalue weighted by molar-refractivity contribution is 0.0600. The molecule has 2 aromatic rings. The van der Waals surface area contributed by atoms with E-state index in [0.29, 0.717) is 6.42 Å². The quantitative estimate of drug-likeness (QED) is 0.807. The van der Waals surface area contributed by atoms with Crippen molar-refractivity contribution >= 4 is 16.0 Å². The topological polar surface area (TPSA) is 72.5 Å². The molecule has 2 aromatic carbocycles. The van der Waals surface area contributed by atoms with Crippen LogP contribution in [0.5, 0.6) is 0 Å². The highest BCUT2D eigenvalue weighted by atomic mass is 32.2. The lowest BCUT2D eigenvalue weighted by atomic mass is 10.1. The first-order chi connectivity index (χ1) is 11.3. The molecule has 1 N–H and O–H groups in total. The van der Waals surface area contributed by atoms with Crippen LogP contribution in [0.25, 0.3) is 0 Å². The summed E-state index contributed by atoms with van der Waals surface area (Å²) in [5, 5.41) is 0. The highest BCUT2D eigenvalue weighted by Crippen LogP contribution is 2.17. The maximum atomic E-state index is 13.8. The van der Waals surface area contributed by atoms with E-state index in [-0.39, 0.29) is 17.9 Å². The Morgan fingerprint density at radius 3 is 2.42 bits per heavy atom. The Balaban J connectivity index is 2.12. The molecule has 0 bridgehead atoms. The Bertz CT molecular complexity index is 836. The molecule has 0 radical (unpaired) electrons. The van der Waals surface area contributed by atoms with Gasteiger partial charge in [-0.25, -0.2) is 26.7 Å². The predicted octanol–water partition coefficient (Wildman–Crippen LogP) is 2.27. The molecule has 24 heavy (non-hydrogen) atoms. The highest BCUT2D eigenvalue weighted by Gasteiger charge is 2.21. The zero-order chi connectivity index (χ0) is 17.7. The Labute approximate surface area is 138 Å². The van der Waals surface area contributed by atoms with E-state index >= 15 is 0 Å². The molecule has 0 saturated carbocycles. The van der Waals surface area contributed by atoms with Gasteiger partial charge in [-0.05, 0) is 42.3 Å². The van der Waals surface area contributed by atoms with Crippen molar-refractivity contribution in [3.8, 4) is 0 Å². The fourth-order valence-corrected chi connectivity index (χ4v) is 3.15. The van der Waals surface area contributed by atoms with Crippen molar-refractivity contribution in [3.63, 3.8) is 0 Å². The van der Waals surface area contributed by atoms with Gasteiger partial charge in [0.15, 0.2) is 0 Å². The molecule has 8 heteroatoms. The summed E-state index contributed by atoms with van der Waals surface area (Å²) in [6, 6.07) is 8.54. The summed E-state index contributed by atoms with van der Waals surface area (Å²) in [6.07, 6.45) is 0.303. The van der Waals surface area contributed by atoms with Crippen molar-refractivity contribution in [1.29, 1.82) is 0 Å². The molecule has 0 aromatic heterocycles. The van der Waals surface area contributed by atoms with Gasteiger partial charge in [-0.3, -0.25) is 0 Å². The Morgan fingerprint density at radius 2 is 1.79 bits per heavy atom. The maximum absolute atomic E-state index is 13.8. The number of carbonyl (C=O) groups excluding carboxylic acids is 1. The number of hydrogen-bond acceptors (Lipinski definition) is 4. The van der Waals surface area contributed by atoms with Crippen molar-refractivity contribution in [1.82, 2.24) is 4.72 Å². The zero-order valence-corrected chi connectivity index (χ0v) is 13.6. The lowest BCUT2D eigenvalue weighted by Crippen LogP contribution is -2.27. The van der Waals surface area contributed by atoms with E-state index in [4.69, 9.17) is 0 Å². The second-order valence-corrected chi connectivity index (χ2v) is 6.65. The van der Waals surface area contributed by atoms with Gasteiger partial charge in [-0.15, -0.1) is 0 Å². The molecule has 0 unspecified atom stereocenters. The average Bonchev–Trinajstić information content (AvgIpc) is 2.56. The molecule has 0 atom stereocenters. The number of sulfonamides is 1. The third kappa shape index (κ3) is 4.36. The van der Waals surface area contributed by atoms with E-state index in [1.165, 1.54) is 24.3 Å². The number of nitrogens with one attached hydrogen (secondary N) is 1. The van der Waals surface area contributed by atoms with Crippen LogP contribution in [0.3, 0.4) is 0 Å². The van der Waals surface area contributed by atoms with Crippen molar-refractivity contribution in [2.45, 2.75) is 11.3 Å². The van der Waals surface area contributed by atoms with Crippen LogP contribution in [0, 0.1) is 11.6 Å². The van der Waals surface area contributed by atoms with Gasteiger partial charge in [-0.2, -0.15) is 0 Å². The van der Waals surface area contributed by atoms with E-state index in [9.17, 15) is 22.0 Å². The number of hydrogen-bond donors (Lipinski definition) is 1. The second-order valence-electron chi connectivity index (χ2n) is 4.91. The predicted molar refractivity (Wildman–Crippen MR) is 83.0 cm³/mol. The third-order valence-corrected chi connectivity index (χ3v) is 4.74. The number of rotatable bonds is 6. The summed E-state index contributed by atoms with van der Waals surface area (Å²) in [7, 11) is -3.00. The van der Waals surface area contributed by atoms with Gasteiger partial charge in [0, 0.05) is 6.54 Å². The first-order valence-corrected chi connectivity index (χ1v) is 8.44. The number of ether oxygens (including phenoxy) is 1. The van der Waals surface area contributed by atoms with Gasteiger partial charge in [0.1, 0.15) is 16.5 Å². The van der Waals surface area contributed by atoms with Gasteiger partial charge in [0.05, 0.1) is 12.7 Å². The maximum Gasteiger partial charge on any atom is 0.337 e. The van der Waals surface area contributed by atoms with E-state index in [0.717, 1.165) is 30.9 Å². The molecular weight excluding hydrogens is 340 g/mol. The largest absolute Gasteiger partial charge is 0.465 e. The Kier molecular flexibility index (Phi) is 5.63. The molecule has 0 fully saturated rings. The van der Waals surface area contributed by atoms with Crippen LogP contribution in [0.4, 0.5) is 8.78 Å². The molecule has 5 nitrogen and oxygen atoms in total. The van der Waals surface area contributed by atoms with Crippen LogP contribution >= 0.6 is 0 Å². The van der Waals surface area contributed by atoms with Crippen molar-refractivity contribution in [2.24, 2.45) is 0 Å². The normalized spacial score (nSPS) is 11.3. The van der Waals surface area contributed by atoms with Crippen molar-refractivity contribution < 1.29 is 26.7 Å². The van der Waals surface area contributed by atoms with Crippen molar-refractivity contribution in [3.05, 3.63) is 65.2 Å². The van der Waals surface area contributed by atoms with Gasteiger partial charge in [0.25, 0.3) is 0 Å². The molecule has 0 aliphatic carbocycles. The van der Waals surface area contributed by atoms with Gasteiger partial charge in [-0.1, -0.05) is 12.1 Å². The minimum absolute atomic E-state index is 0.00411. The molecular formula is C16H15F2NO4S. The molecule has 128 valence electrons. The van der Waals surface area contributed by atoms with Gasteiger partial charge < -0.3 is 4.74 Å². The molecule has 0 heterocycles. The number of carbonyl (C=O) groups is 1. The fraction of sp³-hybridized carbons (Fsp3) is 0.188. The number of halogens is 2. The van der Waals surface area contributed by atoms with E-state index in [1.807, 2.05) is 0 Å². The average molecular weight is 355 g/mol. The minimum Gasteiger partial charge on any atom is -0.465 e. The van der Waals surface area contributed by atoms with Crippen LogP contribution in [0.1, 0.15) is 15.9 Å². The minimum atomic E-state index is -4.14. The van der Waals surface area contributed by atoms with Crippen LogP contribution in [0.15, 0.2) is 47.4 Å². The smallest absolute Gasteiger partial charge is 0.337 e. The van der Waals surface area contributed by atoms with Gasteiger partial charge in [0.2, 0.25) is 10.0 Å². The van der Waals surface area contributed by atoms with E-state index in [1.54, 1.807) is 0 Å². The number of methoxy groups -OCH3 is 1. The summed E-state index contributed by atoms with van der Waals surface area (Å²) < 4.78 is 57.7. The first-order valence-electron chi connectivity index (χ1n) is 6.95. The van der Waals surface area contributed by atoms with Crippen LogP contribution in [-0.2, 0) is 21.2 Å². The Morgan fingerprint density at radius 1 is 1.12 bits per heavy atom. The second kappa shape index (κ2) is 7.50. The van der Waals surface area contributed by atoms with Crippen LogP contribution in [0.2, 0.25) is 0 Å². The lowest BCUT2D eigenvalue weighted by Gasteiger charge is -2.09.